The molecule has 2 heterocycles. The number of rotatable bonds is 2. The van der Waals surface area contributed by atoms with Crippen molar-refractivity contribution >= 4 is 16.6 Å². The summed E-state index contributed by atoms with van der Waals surface area (Å²) in [7, 11) is 1.87. The molecule has 0 saturated carbocycles. The molecule has 0 aliphatic carbocycles. The van der Waals surface area contributed by atoms with Crippen molar-refractivity contribution in [3.05, 3.63) is 47.8 Å². The van der Waals surface area contributed by atoms with E-state index in [1.54, 1.807) is 6.20 Å². The Kier molecular flexibility index (Phi) is 3.06. The van der Waals surface area contributed by atoms with Crippen molar-refractivity contribution in [3.8, 4) is 11.5 Å². The Morgan fingerprint density at radius 3 is 2.60 bits per heavy atom. The number of nitrogens with zero attached hydrogens (tertiary/aromatic N) is 3. The molecule has 2 aromatic heterocycles. The van der Waals surface area contributed by atoms with Crippen molar-refractivity contribution in [2.45, 2.75) is 13.8 Å². The lowest BCUT2D eigenvalue weighted by molar-refractivity contribution is 1.06. The Morgan fingerprint density at radius 2 is 1.80 bits per heavy atom. The molecule has 0 unspecified atom stereocenters. The fourth-order valence-electron chi connectivity index (χ4n) is 2.28. The summed E-state index contributed by atoms with van der Waals surface area (Å²) >= 11 is 0. The van der Waals surface area contributed by atoms with Gasteiger partial charge in [-0.3, -0.25) is 4.98 Å². The zero-order valence-corrected chi connectivity index (χ0v) is 11.8. The summed E-state index contributed by atoms with van der Waals surface area (Å²) in [5.74, 6) is 1.51. The van der Waals surface area contributed by atoms with Crippen molar-refractivity contribution < 1.29 is 0 Å². The number of anilines is 1. The third-order valence-corrected chi connectivity index (χ3v) is 3.51. The molecular formula is C16H16N4. The zero-order chi connectivity index (χ0) is 14.1. The minimum Gasteiger partial charge on any atom is -0.373 e. The van der Waals surface area contributed by atoms with Crippen LogP contribution in [0.1, 0.15) is 11.3 Å². The maximum absolute atomic E-state index is 4.59. The normalized spacial score (nSPS) is 10.8. The van der Waals surface area contributed by atoms with E-state index in [-0.39, 0.29) is 0 Å². The fraction of sp³-hybridized carbons (Fsp3) is 0.188. The molecule has 3 rings (SSSR count). The second-order valence-corrected chi connectivity index (χ2v) is 4.74. The van der Waals surface area contributed by atoms with Gasteiger partial charge in [-0.25, -0.2) is 9.97 Å². The highest BCUT2D eigenvalue weighted by Crippen LogP contribution is 2.26. The van der Waals surface area contributed by atoms with E-state index < -0.39 is 0 Å². The first-order chi connectivity index (χ1) is 9.70. The van der Waals surface area contributed by atoms with Crippen LogP contribution in [-0.4, -0.2) is 22.0 Å². The average Bonchev–Trinajstić information content (AvgIpc) is 2.49. The first-order valence-electron chi connectivity index (χ1n) is 6.58. The van der Waals surface area contributed by atoms with E-state index in [0.717, 1.165) is 33.5 Å². The maximum atomic E-state index is 4.59. The molecule has 0 atom stereocenters. The molecule has 100 valence electrons. The molecule has 0 spiro atoms. The molecule has 0 radical (unpaired) electrons. The highest BCUT2D eigenvalue weighted by molar-refractivity contribution is 5.93. The Bertz CT molecular complexity index is 775. The Labute approximate surface area is 117 Å². The van der Waals surface area contributed by atoms with Crippen LogP contribution >= 0.6 is 0 Å². The molecule has 1 aromatic carbocycles. The molecule has 3 aromatic rings. The van der Waals surface area contributed by atoms with Crippen LogP contribution in [0.25, 0.3) is 22.3 Å². The van der Waals surface area contributed by atoms with Gasteiger partial charge >= 0.3 is 0 Å². The van der Waals surface area contributed by atoms with Gasteiger partial charge in [-0.05, 0) is 25.3 Å². The highest BCUT2D eigenvalue weighted by Gasteiger charge is 2.12. The summed E-state index contributed by atoms with van der Waals surface area (Å²) < 4.78 is 0. The second kappa shape index (κ2) is 4.89. The molecule has 0 aliphatic rings. The molecule has 4 heteroatoms. The summed E-state index contributed by atoms with van der Waals surface area (Å²) in [5.41, 5.74) is 2.85. The average molecular weight is 264 g/mol. The van der Waals surface area contributed by atoms with Gasteiger partial charge in [-0.15, -0.1) is 0 Å². The van der Waals surface area contributed by atoms with Crippen LogP contribution < -0.4 is 5.32 Å². The number of nitrogens with one attached hydrogen (secondary N) is 1. The van der Waals surface area contributed by atoms with E-state index in [9.17, 15) is 0 Å². The van der Waals surface area contributed by atoms with Gasteiger partial charge in [0.25, 0.3) is 0 Å². The molecule has 4 nitrogen and oxygen atoms in total. The van der Waals surface area contributed by atoms with Gasteiger partial charge in [-0.1, -0.05) is 24.3 Å². The predicted octanol–water partition coefficient (Wildman–Crippen LogP) is 3.35. The van der Waals surface area contributed by atoms with Crippen LogP contribution in [0, 0.1) is 13.8 Å². The van der Waals surface area contributed by atoms with Gasteiger partial charge in [0.1, 0.15) is 11.5 Å². The second-order valence-electron chi connectivity index (χ2n) is 4.74. The van der Waals surface area contributed by atoms with E-state index in [1.165, 1.54) is 0 Å². The largest absolute Gasteiger partial charge is 0.373 e. The summed E-state index contributed by atoms with van der Waals surface area (Å²) in [6, 6.07) is 10.1. The Hall–Kier alpha value is -2.49. The van der Waals surface area contributed by atoms with Crippen LogP contribution in [0.3, 0.4) is 0 Å². The molecule has 0 amide bonds. The van der Waals surface area contributed by atoms with E-state index >= 15 is 0 Å². The lowest BCUT2D eigenvalue weighted by Crippen LogP contribution is -2.03. The Balaban J connectivity index is 2.28. The molecule has 1 N–H and O–H groups in total. The third-order valence-electron chi connectivity index (χ3n) is 3.51. The van der Waals surface area contributed by atoms with Crippen molar-refractivity contribution in [2.75, 3.05) is 12.4 Å². The number of hydrogen-bond acceptors (Lipinski definition) is 4. The molecule has 0 fully saturated rings. The van der Waals surface area contributed by atoms with Gasteiger partial charge in [0.15, 0.2) is 5.82 Å². The third kappa shape index (κ3) is 1.99. The van der Waals surface area contributed by atoms with Gasteiger partial charge in [-0.2, -0.15) is 0 Å². The SMILES string of the molecule is CNc1nc(-c2nccc3ccccc23)nc(C)c1C. The Morgan fingerprint density at radius 1 is 1.00 bits per heavy atom. The fourth-order valence-corrected chi connectivity index (χ4v) is 2.28. The molecular weight excluding hydrogens is 248 g/mol. The monoisotopic (exact) mass is 264 g/mol. The number of benzene rings is 1. The van der Waals surface area contributed by atoms with Crippen LogP contribution in [-0.2, 0) is 0 Å². The topological polar surface area (TPSA) is 50.7 Å². The van der Waals surface area contributed by atoms with E-state index in [2.05, 4.69) is 32.4 Å². The van der Waals surface area contributed by atoms with E-state index in [0.29, 0.717) is 5.82 Å². The van der Waals surface area contributed by atoms with E-state index in [4.69, 9.17) is 0 Å². The number of aromatic nitrogens is 3. The van der Waals surface area contributed by atoms with Crippen molar-refractivity contribution in [2.24, 2.45) is 0 Å². The van der Waals surface area contributed by atoms with Crippen molar-refractivity contribution in [1.29, 1.82) is 0 Å². The number of aryl methyl sites for hydroxylation is 1. The van der Waals surface area contributed by atoms with Gasteiger partial charge in [0.2, 0.25) is 0 Å². The summed E-state index contributed by atoms with van der Waals surface area (Å²) in [4.78, 5) is 13.6. The summed E-state index contributed by atoms with van der Waals surface area (Å²) in [5, 5.41) is 5.33. The predicted molar refractivity (Wildman–Crippen MR) is 81.8 cm³/mol. The lowest BCUT2D eigenvalue weighted by Gasteiger charge is -2.10. The number of hydrogen-bond donors (Lipinski definition) is 1. The van der Waals surface area contributed by atoms with Gasteiger partial charge < -0.3 is 5.32 Å². The first kappa shape index (κ1) is 12.5. The summed E-state index contributed by atoms with van der Waals surface area (Å²) in [6.07, 6.45) is 1.80. The van der Waals surface area contributed by atoms with Crippen LogP contribution in [0.15, 0.2) is 36.5 Å². The van der Waals surface area contributed by atoms with Crippen LogP contribution in [0.2, 0.25) is 0 Å². The van der Waals surface area contributed by atoms with Crippen LogP contribution in [0.4, 0.5) is 5.82 Å². The lowest BCUT2D eigenvalue weighted by atomic mass is 10.1. The molecule has 20 heavy (non-hydrogen) atoms. The smallest absolute Gasteiger partial charge is 0.181 e. The molecule has 0 saturated heterocycles. The first-order valence-corrected chi connectivity index (χ1v) is 6.58. The highest BCUT2D eigenvalue weighted by atomic mass is 15.0. The number of pyridine rings is 1. The quantitative estimate of drug-likeness (QED) is 0.771. The van der Waals surface area contributed by atoms with Crippen molar-refractivity contribution in [3.63, 3.8) is 0 Å². The molecule has 0 bridgehead atoms. The van der Waals surface area contributed by atoms with Crippen LogP contribution in [0.5, 0.6) is 0 Å². The minimum absolute atomic E-state index is 0.661. The summed E-state index contributed by atoms with van der Waals surface area (Å²) in [6.45, 7) is 4.01. The zero-order valence-electron chi connectivity index (χ0n) is 11.8. The maximum Gasteiger partial charge on any atom is 0.181 e. The minimum atomic E-state index is 0.661. The van der Waals surface area contributed by atoms with E-state index in [1.807, 2.05) is 39.1 Å². The number of fused-ring (bicyclic) bond motifs is 1. The molecule has 0 aliphatic heterocycles. The van der Waals surface area contributed by atoms with Gasteiger partial charge in [0, 0.05) is 29.9 Å². The van der Waals surface area contributed by atoms with Crippen molar-refractivity contribution in [1.82, 2.24) is 15.0 Å². The standard InChI is InChI=1S/C16H16N4/c1-10-11(2)19-16(20-15(10)17-3)14-13-7-5-4-6-12(13)8-9-18-14/h4-9H,1-3H3,(H,17,19,20). The van der Waals surface area contributed by atoms with Gasteiger partial charge in [0.05, 0.1) is 0 Å².